The Morgan fingerprint density at radius 1 is 1.13 bits per heavy atom. The number of hydrogen-bond acceptors (Lipinski definition) is 5. The third-order valence-electron chi connectivity index (χ3n) is 4.85. The second-order valence-corrected chi connectivity index (χ2v) is 8.58. The van der Waals surface area contributed by atoms with Crippen LogP contribution >= 0.6 is 0 Å². The third-order valence-corrected chi connectivity index (χ3v) is 6.08. The van der Waals surface area contributed by atoms with E-state index in [1.54, 1.807) is 6.07 Å². The quantitative estimate of drug-likeness (QED) is 0.296. The average molecular weight is 451 g/mol. The molecule has 0 radical (unpaired) electrons. The number of benzene rings is 2. The molecule has 1 heterocycles. The molecule has 0 spiro atoms. The molecule has 0 unspecified atom stereocenters. The van der Waals surface area contributed by atoms with Gasteiger partial charge in [0.15, 0.2) is 23.2 Å². The molecule has 2 aromatic carbocycles. The number of carbonyl (C=O) groups excluding carboxylic acids is 1. The van der Waals surface area contributed by atoms with Gasteiger partial charge in [-0.25, -0.2) is 13.2 Å². The highest BCUT2D eigenvalue weighted by Gasteiger charge is 2.26. The predicted molar refractivity (Wildman–Crippen MR) is 107 cm³/mol. The third kappa shape index (κ3) is 5.39. The Labute approximate surface area is 178 Å². The van der Waals surface area contributed by atoms with Gasteiger partial charge in [0.05, 0.1) is 0 Å². The van der Waals surface area contributed by atoms with E-state index in [1.165, 1.54) is 18.2 Å². The summed E-state index contributed by atoms with van der Waals surface area (Å²) in [6.45, 7) is 3.28. The molecule has 1 saturated heterocycles. The van der Waals surface area contributed by atoms with Crippen molar-refractivity contribution in [3.8, 4) is 17.7 Å². The van der Waals surface area contributed by atoms with E-state index in [9.17, 15) is 26.4 Å². The molecule has 0 saturated carbocycles. The number of Topliss-reactive ketones (excluding diaryl/α,β-unsaturated/α-hetero) is 1. The molecule has 1 fully saturated rings. The van der Waals surface area contributed by atoms with Gasteiger partial charge >= 0.3 is 10.1 Å². The van der Waals surface area contributed by atoms with Gasteiger partial charge in [0.1, 0.15) is 10.6 Å². The molecule has 1 aliphatic heterocycles. The van der Waals surface area contributed by atoms with Crippen LogP contribution in [0.3, 0.4) is 0 Å². The molecule has 1 aliphatic rings. The maximum atomic E-state index is 13.4. The standard InChI is InChI=1S/C22H20F3NO4S/c1-2-3-9-26-10-7-15(8-11-26)22(27)16-5-4-6-17(12-16)30-31(28,29)18-13-19(23)21(25)20(24)14-18/h4-6,12-15H,2,7-8,10-11H2,1H3. The van der Waals surface area contributed by atoms with Crippen molar-refractivity contribution in [2.45, 2.75) is 31.1 Å². The van der Waals surface area contributed by atoms with Crippen molar-refractivity contribution in [3.05, 3.63) is 59.4 Å². The van der Waals surface area contributed by atoms with Crippen molar-refractivity contribution in [2.75, 3.05) is 13.1 Å². The predicted octanol–water partition coefficient (Wildman–Crippen LogP) is 4.14. The molecule has 9 heteroatoms. The average Bonchev–Trinajstić information content (AvgIpc) is 2.75. The Hall–Kier alpha value is -2.99. The number of ketones is 1. The van der Waals surface area contributed by atoms with Gasteiger partial charge in [-0.3, -0.25) is 4.79 Å². The van der Waals surface area contributed by atoms with Gasteiger partial charge in [-0.1, -0.05) is 25.0 Å². The van der Waals surface area contributed by atoms with Gasteiger partial charge in [0, 0.05) is 37.0 Å². The Morgan fingerprint density at radius 3 is 2.39 bits per heavy atom. The molecule has 0 aliphatic carbocycles. The SMILES string of the molecule is CCC#CN1CCC(C(=O)c2cccc(OS(=O)(=O)c3cc(F)c(F)c(F)c3)c2)CC1. The first-order valence-corrected chi connectivity index (χ1v) is 11.1. The normalized spacial score (nSPS) is 14.6. The van der Waals surface area contributed by atoms with Crippen LogP contribution in [-0.4, -0.2) is 32.2 Å². The molecule has 5 nitrogen and oxygen atoms in total. The summed E-state index contributed by atoms with van der Waals surface area (Å²) in [6, 6.07) is 9.26. The fourth-order valence-electron chi connectivity index (χ4n) is 3.23. The van der Waals surface area contributed by atoms with E-state index in [-0.39, 0.29) is 23.0 Å². The summed E-state index contributed by atoms with van der Waals surface area (Å²) in [7, 11) is -4.64. The zero-order valence-corrected chi connectivity index (χ0v) is 17.5. The van der Waals surface area contributed by atoms with E-state index < -0.39 is 32.5 Å². The molecule has 3 rings (SSSR count). The van der Waals surface area contributed by atoms with E-state index in [0.717, 1.165) is 6.42 Å². The molecular formula is C22H20F3NO4S. The summed E-state index contributed by atoms with van der Waals surface area (Å²) in [5, 5.41) is 0. The van der Waals surface area contributed by atoms with E-state index >= 15 is 0 Å². The number of nitrogens with zero attached hydrogens (tertiary/aromatic N) is 1. The molecule has 0 bridgehead atoms. The van der Waals surface area contributed by atoms with Gasteiger partial charge in [0.2, 0.25) is 0 Å². The van der Waals surface area contributed by atoms with E-state index in [0.29, 0.717) is 38.1 Å². The summed E-state index contributed by atoms with van der Waals surface area (Å²) >= 11 is 0. The van der Waals surface area contributed by atoms with Crippen LogP contribution in [0.4, 0.5) is 13.2 Å². The van der Waals surface area contributed by atoms with Crippen LogP contribution < -0.4 is 4.18 Å². The van der Waals surface area contributed by atoms with E-state index in [4.69, 9.17) is 4.18 Å². The van der Waals surface area contributed by atoms with Crippen molar-refractivity contribution in [1.29, 1.82) is 0 Å². The van der Waals surface area contributed by atoms with Crippen molar-refractivity contribution in [3.63, 3.8) is 0 Å². The van der Waals surface area contributed by atoms with E-state index in [1.807, 2.05) is 11.8 Å². The smallest absolute Gasteiger partial charge is 0.339 e. The molecular weight excluding hydrogens is 431 g/mol. The highest BCUT2D eigenvalue weighted by atomic mass is 32.2. The number of hydrogen-bond donors (Lipinski definition) is 0. The van der Waals surface area contributed by atoms with Crippen LogP contribution in [0, 0.1) is 35.3 Å². The summed E-state index contributed by atoms with van der Waals surface area (Å²) in [4.78, 5) is 13.9. The molecule has 0 atom stereocenters. The lowest BCUT2D eigenvalue weighted by Gasteiger charge is -2.28. The first-order valence-electron chi connectivity index (χ1n) is 9.68. The Bertz CT molecular complexity index is 1120. The summed E-state index contributed by atoms with van der Waals surface area (Å²) < 4.78 is 69.5. The molecule has 31 heavy (non-hydrogen) atoms. The first-order chi connectivity index (χ1) is 14.7. The minimum Gasteiger partial charge on any atom is -0.379 e. The Kier molecular flexibility index (Phi) is 6.91. The molecule has 164 valence electrons. The maximum Gasteiger partial charge on any atom is 0.339 e. The fraction of sp³-hybridized carbons (Fsp3) is 0.318. The summed E-state index contributed by atoms with van der Waals surface area (Å²) in [5.74, 6) is -2.66. The van der Waals surface area contributed by atoms with Crippen molar-refractivity contribution in [1.82, 2.24) is 4.90 Å². The lowest BCUT2D eigenvalue weighted by Crippen LogP contribution is -2.33. The van der Waals surface area contributed by atoms with Crippen molar-refractivity contribution in [2.24, 2.45) is 5.92 Å². The zero-order valence-electron chi connectivity index (χ0n) is 16.7. The lowest BCUT2D eigenvalue weighted by molar-refractivity contribution is 0.0869. The van der Waals surface area contributed by atoms with Gasteiger partial charge in [-0.2, -0.15) is 8.42 Å². The summed E-state index contributed by atoms with van der Waals surface area (Å²) in [5.41, 5.74) is 0.266. The minimum atomic E-state index is -4.64. The van der Waals surface area contributed by atoms with Crippen LogP contribution in [0.2, 0.25) is 0 Å². The zero-order chi connectivity index (χ0) is 22.6. The Morgan fingerprint density at radius 2 is 1.77 bits per heavy atom. The second-order valence-electron chi connectivity index (χ2n) is 7.03. The number of carbonyl (C=O) groups is 1. The number of piperidine rings is 1. The van der Waals surface area contributed by atoms with Crippen molar-refractivity contribution >= 4 is 15.9 Å². The Balaban J connectivity index is 1.74. The van der Waals surface area contributed by atoms with E-state index in [2.05, 4.69) is 12.0 Å². The number of rotatable bonds is 5. The number of halogens is 3. The fourth-order valence-corrected chi connectivity index (χ4v) is 4.18. The van der Waals surface area contributed by atoms with Gasteiger partial charge in [0.25, 0.3) is 0 Å². The topological polar surface area (TPSA) is 63.7 Å². The largest absolute Gasteiger partial charge is 0.379 e. The summed E-state index contributed by atoms with van der Waals surface area (Å²) in [6.07, 6.45) is 2.00. The van der Waals surface area contributed by atoms with Gasteiger partial charge < -0.3 is 9.08 Å². The highest BCUT2D eigenvalue weighted by Crippen LogP contribution is 2.26. The van der Waals surface area contributed by atoms with Crippen LogP contribution in [-0.2, 0) is 10.1 Å². The van der Waals surface area contributed by atoms with Crippen LogP contribution in [0.5, 0.6) is 5.75 Å². The minimum absolute atomic E-state index is 0.148. The van der Waals surface area contributed by atoms with Crippen LogP contribution in [0.1, 0.15) is 36.5 Å². The first kappa shape index (κ1) is 22.7. The second kappa shape index (κ2) is 9.43. The molecule has 0 aromatic heterocycles. The van der Waals surface area contributed by atoms with Crippen LogP contribution in [0.25, 0.3) is 0 Å². The highest BCUT2D eigenvalue weighted by molar-refractivity contribution is 7.87. The molecule has 2 aromatic rings. The maximum absolute atomic E-state index is 13.4. The van der Waals surface area contributed by atoms with Crippen molar-refractivity contribution < 1.29 is 30.6 Å². The lowest BCUT2D eigenvalue weighted by atomic mass is 9.89. The number of likely N-dealkylation sites (tertiary alicyclic amines) is 1. The van der Waals surface area contributed by atoms with Gasteiger partial charge in [-0.15, -0.1) is 0 Å². The molecule has 0 amide bonds. The molecule has 0 N–H and O–H groups in total. The van der Waals surface area contributed by atoms with Crippen LogP contribution in [0.15, 0.2) is 41.3 Å². The monoisotopic (exact) mass is 451 g/mol. The van der Waals surface area contributed by atoms with Gasteiger partial charge in [-0.05, 0) is 37.1 Å².